The third kappa shape index (κ3) is 2.43. The van der Waals surface area contributed by atoms with Crippen LogP contribution in [0.25, 0.3) is 10.9 Å². The molecule has 19 heavy (non-hydrogen) atoms. The maximum absolute atomic E-state index is 12.0. The van der Waals surface area contributed by atoms with E-state index in [1.807, 2.05) is 12.1 Å². The van der Waals surface area contributed by atoms with Crippen molar-refractivity contribution in [2.45, 2.75) is 18.9 Å². The molecule has 1 aliphatic rings. The van der Waals surface area contributed by atoms with Gasteiger partial charge in [-0.05, 0) is 25.0 Å². The van der Waals surface area contributed by atoms with E-state index in [0.717, 1.165) is 12.8 Å². The molecule has 1 N–H and O–H groups in total. The molecule has 0 spiro atoms. The van der Waals surface area contributed by atoms with Crippen molar-refractivity contribution in [1.29, 1.82) is 0 Å². The number of benzene rings is 1. The predicted molar refractivity (Wildman–Crippen MR) is 75.2 cm³/mol. The van der Waals surface area contributed by atoms with Gasteiger partial charge in [0.15, 0.2) is 0 Å². The van der Waals surface area contributed by atoms with Crippen LogP contribution in [0.3, 0.4) is 0 Å². The van der Waals surface area contributed by atoms with Crippen LogP contribution in [0.2, 0.25) is 0 Å². The molecule has 0 amide bonds. The van der Waals surface area contributed by atoms with Crippen LogP contribution in [0.5, 0.6) is 0 Å². The van der Waals surface area contributed by atoms with Gasteiger partial charge in [-0.25, -0.2) is 4.79 Å². The number of nitrogens with zero attached hydrogens (tertiary/aromatic N) is 1. The van der Waals surface area contributed by atoms with Crippen molar-refractivity contribution < 1.29 is 4.74 Å². The Bertz CT molecular complexity index is 686. The van der Waals surface area contributed by atoms with E-state index in [2.05, 4.69) is 4.98 Å². The van der Waals surface area contributed by atoms with E-state index in [1.165, 1.54) is 0 Å². The van der Waals surface area contributed by atoms with Gasteiger partial charge in [0, 0.05) is 19.3 Å². The Morgan fingerprint density at radius 3 is 2.58 bits per heavy atom. The van der Waals surface area contributed by atoms with E-state index in [-0.39, 0.29) is 29.7 Å². The van der Waals surface area contributed by atoms with Crippen molar-refractivity contribution in [3.63, 3.8) is 0 Å². The van der Waals surface area contributed by atoms with E-state index in [9.17, 15) is 9.59 Å². The zero-order valence-corrected chi connectivity index (χ0v) is 11.1. The number of nitrogens with one attached hydrogen (secondary N) is 1. The van der Waals surface area contributed by atoms with Gasteiger partial charge in [0.2, 0.25) is 0 Å². The molecule has 0 bridgehead atoms. The number of hydrogen-bond acceptors (Lipinski definition) is 3. The minimum Gasteiger partial charge on any atom is -0.381 e. The fourth-order valence-electron chi connectivity index (χ4n) is 2.52. The predicted octanol–water partition coefficient (Wildman–Crippen LogP) is 1.46. The molecule has 1 fully saturated rings. The van der Waals surface area contributed by atoms with Crippen molar-refractivity contribution >= 4 is 23.3 Å². The van der Waals surface area contributed by atoms with Crippen molar-refractivity contribution in [2.24, 2.45) is 0 Å². The fraction of sp³-hybridized carbons (Fsp3) is 0.385. The van der Waals surface area contributed by atoms with Gasteiger partial charge in [0.25, 0.3) is 5.56 Å². The monoisotopic (exact) mass is 282 g/mol. The summed E-state index contributed by atoms with van der Waals surface area (Å²) in [6.45, 7) is 1.31. The molecular formula is C13H15ClN2O3. The fourth-order valence-corrected chi connectivity index (χ4v) is 2.52. The van der Waals surface area contributed by atoms with Crippen LogP contribution in [-0.4, -0.2) is 22.8 Å². The molecule has 0 aliphatic carbocycles. The number of H-pyrrole nitrogens is 1. The summed E-state index contributed by atoms with van der Waals surface area (Å²) in [5.41, 5.74) is 0.0580. The lowest BCUT2D eigenvalue weighted by atomic mass is 10.1. The molecule has 5 nitrogen and oxygen atoms in total. The lowest BCUT2D eigenvalue weighted by Crippen LogP contribution is -2.35. The second-order valence-corrected chi connectivity index (χ2v) is 4.49. The summed E-state index contributed by atoms with van der Waals surface area (Å²) in [5.74, 6) is 0. The summed E-state index contributed by atoms with van der Waals surface area (Å²) in [5, 5.41) is 0.559. The first kappa shape index (κ1) is 13.8. The largest absolute Gasteiger partial charge is 0.381 e. The Morgan fingerprint density at radius 1 is 1.16 bits per heavy atom. The number of para-hydroxylation sites is 1. The zero-order chi connectivity index (χ0) is 12.5. The van der Waals surface area contributed by atoms with E-state index in [0.29, 0.717) is 24.1 Å². The highest BCUT2D eigenvalue weighted by Gasteiger charge is 2.19. The van der Waals surface area contributed by atoms with Crippen molar-refractivity contribution in [1.82, 2.24) is 9.55 Å². The van der Waals surface area contributed by atoms with Gasteiger partial charge in [-0.15, -0.1) is 12.4 Å². The van der Waals surface area contributed by atoms with E-state index < -0.39 is 0 Å². The second-order valence-electron chi connectivity index (χ2n) is 4.49. The zero-order valence-electron chi connectivity index (χ0n) is 10.3. The van der Waals surface area contributed by atoms with E-state index >= 15 is 0 Å². The first-order chi connectivity index (χ1) is 8.77. The van der Waals surface area contributed by atoms with Crippen LogP contribution in [0, 0.1) is 0 Å². The van der Waals surface area contributed by atoms with Gasteiger partial charge >= 0.3 is 5.69 Å². The first-order valence-electron chi connectivity index (χ1n) is 6.08. The Balaban J connectivity index is 0.00000133. The molecule has 0 atom stereocenters. The van der Waals surface area contributed by atoms with Crippen LogP contribution in [0.1, 0.15) is 18.9 Å². The average molecular weight is 283 g/mol. The first-order valence-corrected chi connectivity index (χ1v) is 6.08. The number of aromatic amines is 1. The number of halogens is 1. The van der Waals surface area contributed by atoms with Gasteiger partial charge in [0.05, 0.1) is 10.9 Å². The Kier molecular flexibility index (Phi) is 4.07. The average Bonchev–Trinajstić information content (AvgIpc) is 2.40. The number of fused-ring (bicyclic) bond motifs is 1. The topological polar surface area (TPSA) is 64.1 Å². The molecule has 1 saturated heterocycles. The van der Waals surface area contributed by atoms with Crippen LogP contribution >= 0.6 is 12.4 Å². The summed E-state index contributed by atoms with van der Waals surface area (Å²) in [4.78, 5) is 26.2. The molecule has 1 aliphatic heterocycles. The minimum atomic E-state index is -0.328. The van der Waals surface area contributed by atoms with Crippen LogP contribution in [0.15, 0.2) is 33.9 Å². The van der Waals surface area contributed by atoms with E-state index in [4.69, 9.17) is 4.74 Å². The quantitative estimate of drug-likeness (QED) is 0.861. The Morgan fingerprint density at radius 2 is 1.84 bits per heavy atom. The van der Waals surface area contributed by atoms with Crippen LogP contribution in [0.4, 0.5) is 0 Å². The number of hydrogen-bond donors (Lipinski definition) is 1. The lowest BCUT2D eigenvalue weighted by molar-refractivity contribution is 0.0695. The molecule has 2 heterocycles. The standard InChI is InChI=1S/C13H14N2O3.ClH/c16-12-10-3-1-2-4-11(10)15(13(17)14-12)9-5-7-18-8-6-9;/h1-4,9H,5-8H2,(H,14,16,17);1H. The SMILES string of the molecule is Cl.O=c1[nH]c(=O)n(C2CCOCC2)c2ccccc12. The summed E-state index contributed by atoms with van der Waals surface area (Å²) in [6.07, 6.45) is 1.60. The van der Waals surface area contributed by atoms with Gasteiger partial charge in [-0.3, -0.25) is 14.3 Å². The number of aromatic nitrogens is 2. The maximum Gasteiger partial charge on any atom is 0.329 e. The number of rotatable bonds is 1. The summed E-state index contributed by atoms with van der Waals surface area (Å²) >= 11 is 0. The maximum atomic E-state index is 12.0. The molecule has 6 heteroatoms. The van der Waals surface area contributed by atoms with Gasteiger partial charge < -0.3 is 4.74 Å². The summed E-state index contributed by atoms with van der Waals surface area (Å²) < 4.78 is 7.00. The smallest absolute Gasteiger partial charge is 0.329 e. The van der Waals surface area contributed by atoms with Crippen molar-refractivity contribution in [2.75, 3.05) is 13.2 Å². The lowest BCUT2D eigenvalue weighted by Gasteiger charge is -2.25. The van der Waals surface area contributed by atoms with Crippen LogP contribution < -0.4 is 11.2 Å². The third-order valence-electron chi connectivity index (χ3n) is 3.40. The second kappa shape index (κ2) is 5.59. The molecule has 0 radical (unpaired) electrons. The summed E-state index contributed by atoms with van der Waals surface area (Å²) in [6, 6.07) is 7.31. The molecule has 3 rings (SSSR count). The van der Waals surface area contributed by atoms with E-state index in [1.54, 1.807) is 16.7 Å². The number of ether oxygens (including phenoxy) is 1. The molecule has 1 aromatic carbocycles. The van der Waals surface area contributed by atoms with Crippen LogP contribution in [-0.2, 0) is 4.74 Å². The highest BCUT2D eigenvalue weighted by atomic mass is 35.5. The normalized spacial score (nSPS) is 16.2. The van der Waals surface area contributed by atoms with Crippen molar-refractivity contribution in [3.8, 4) is 0 Å². The van der Waals surface area contributed by atoms with Gasteiger partial charge in [-0.1, -0.05) is 12.1 Å². The van der Waals surface area contributed by atoms with Gasteiger partial charge in [0.1, 0.15) is 0 Å². The van der Waals surface area contributed by atoms with Gasteiger partial charge in [-0.2, -0.15) is 0 Å². The molecule has 0 saturated carbocycles. The molecular weight excluding hydrogens is 268 g/mol. The highest BCUT2D eigenvalue weighted by molar-refractivity contribution is 5.85. The summed E-state index contributed by atoms with van der Waals surface area (Å²) in [7, 11) is 0. The highest BCUT2D eigenvalue weighted by Crippen LogP contribution is 2.22. The third-order valence-corrected chi connectivity index (χ3v) is 3.40. The molecule has 0 unspecified atom stereocenters. The van der Waals surface area contributed by atoms with Crippen molar-refractivity contribution in [3.05, 3.63) is 45.1 Å². The molecule has 2 aromatic rings. The Hall–Kier alpha value is -1.59. The minimum absolute atomic E-state index is 0. The molecule has 1 aromatic heterocycles. The Labute approximate surface area is 115 Å². The molecule has 102 valence electrons.